The molecule has 1 aliphatic rings. The largest absolute Gasteiger partial charge is 0.494 e. The second-order valence-electron chi connectivity index (χ2n) is 6.56. The lowest BCUT2D eigenvalue weighted by Crippen LogP contribution is -2.36. The first-order chi connectivity index (χ1) is 12.7. The lowest BCUT2D eigenvalue weighted by Gasteiger charge is -2.18. The molecule has 3 aromatic rings. The zero-order chi connectivity index (χ0) is 18.1. The molecule has 0 saturated carbocycles. The summed E-state index contributed by atoms with van der Waals surface area (Å²) in [4.78, 5) is 32.7. The first-order valence-corrected chi connectivity index (χ1v) is 9.02. The van der Waals surface area contributed by atoms with E-state index >= 15 is 0 Å². The molecule has 0 aliphatic heterocycles. The molecule has 0 amide bonds. The third kappa shape index (κ3) is 2.92. The topological polar surface area (TPSA) is 77.0 Å². The SMILES string of the molecule is CCOc1ccc2[nH]c(=O)n(Cc3nccc4c3CCCC4)c(=O)c2c1. The predicted octanol–water partition coefficient (Wildman–Crippen LogP) is 2.41. The van der Waals surface area contributed by atoms with Crippen LogP contribution in [0.25, 0.3) is 10.9 Å². The monoisotopic (exact) mass is 351 g/mol. The summed E-state index contributed by atoms with van der Waals surface area (Å²) in [5.74, 6) is 0.617. The Morgan fingerprint density at radius 1 is 1.19 bits per heavy atom. The zero-order valence-electron chi connectivity index (χ0n) is 14.7. The summed E-state index contributed by atoms with van der Waals surface area (Å²) in [5.41, 5.74) is 3.07. The predicted molar refractivity (Wildman–Crippen MR) is 100.0 cm³/mol. The van der Waals surface area contributed by atoms with Crippen molar-refractivity contribution in [3.63, 3.8) is 0 Å². The number of aryl methyl sites for hydroxylation is 1. The average molecular weight is 351 g/mol. The smallest absolute Gasteiger partial charge is 0.329 e. The first kappa shape index (κ1) is 16.6. The van der Waals surface area contributed by atoms with Gasteiger partial charge in [-0.2, -0.15) is 0 Å². The Kier molecular flexibility index (Phi) is 4.32. The van der Waals surface area contributed by atoms with Crippen molar-refractivity contribution >= 4 is 10.9 Å². The fraction of sp³-hybridized carbons (Fsp3) is 0.350. The van der Waals surface area contributed by atoms with Crippen LogP contribution in [0.5, 0.6) is 5.75 Å². The highest BCUT2D eigenvalue weighted by atomic mass is 16.5. The molecule has 6 nitrogen and oxygen atoms in total. The number of H-pyrrole nitrogens is 1. The second kappa shape index (κ2) is 6.78. The van der Waals surface area contributed by atoms with Gasteiger partial charge in [0.25, 0.3) is 5.56 Å². The molecule has 2 aromatic heterocycles. The van der Waals surface area contributed by atoms with Crippen molar-refractivity contribution in [1.82, 2.24) is 14.5 Å². The number of nitrogens with one attached hydrogen (secondary N) is 1. The van der Waals surface area contributed by atoms with Crippen LogP contribution in [0.4, 0.5) is 0 Å². The number of hydrogen-bond donors (Lipinski definition) is 1. The number of ether oxygens (including phenoxy) is 1. The Hall–Kier alpha value is -2.89. The molecular formula is C20H21N3O3. The van der Waals surface area contributed by atoms with Crippen molar-refractivity contribution in [3.05, 3.63) is 68.1 Å². The Labute approximate surface area is 150 Å². The fourth-order valence-corrected chi connectivity index (χ4v) is 3.65. The minimum absolute atomic E-state index is 0.187. The minimum Gasteiger partial charge on any atom is -0.494 e. The number of nitrogens with zero attached hydrogens (tertiary/aromatic N) is 2. The summed E-state index contributed by atoms with van der Waals surface area (Å²) < 4.78 is 6.71. The van der Waals surface area contributed by atoms with Crippen LogP contribution in [0.1, 0.15) is 36.6 Å². The number of aromatic amines is 1. The molecule has 0 bridgehead atoms. The molecule has 134 valence electrons. The lowest BCUT2D eigenvalue weighted by atomic mass is 9.91. The van der Waals surface area contributed by atoms with E-state index in [9.17, 15) is 9.59 Å². The summed E-state index contributed by atoms with van der Waals surface area (Å²) in [5, 5.41) is 0.445. The van der Waals surface area contributed by atoms with Crippen molar-refractivity contribution < 1.29 is 4.74 Å². The molecule has 26 heavy (non-hydrogen) atoms. The molecule has 1 aliphatic carbocycles. The Morgan fingerprint density at radius 2 is 2.04 bits per heavy atom. The van der Waals surface area contributed by atoms with Crippen LogP contribution in [-0.2, 0) is 19.4 Å². The van der Waals surface area contributed by atoms with Gasteiger partial charge in [-0.3, -0.25) is 14.3 Å². The van der Waals surface area contributed by atoms with Crippen LogP contribution < -0.4 is 16.0 Å². The van der Waals surface area contributed by atoms with E-state index in [0.717, 1.165) is 25.0 Å². The van der Waals surface area contributed by atoms with Gasteiger partial charge >= 0.3 is 5.69 Å². The molecule has 0 unspecified atom stereocenters. The van der Waals surface area contributed by atoms with E-state index in [-0.39, 0.29) is 12.1 Å². The summed E-state index contributed by atoms with van der Waals surface area (Å²) in [6.45, 7) is 2.59. The van der Waals surface area contributed by atoms with Gasteiger partial charge in [0.2, 0.25) is 0 Å². The minimum atomic E-state index is -0.415. The molecule has 0 saturated heterocycles. The quantitative estimate of drug-likeness (QED) is 0.783. The summed E-state index contributed by atoms with van der Waals surface area (Å²) >= 11 is 0. The Balaban J connectivity index is 1.82. The highest BCUT2D eigenvalue weighted by molar-refractivity contribution is 5.78. The van der Waals surface area contributed by atoms with E-state index in [4.69, 9.17) is 4.74 Å². The van der Waals surface area contributed by atoms with E-state index in [1.807, 2.05) is 13.0 Å². The van der Waals surface area contributed by atoms with Crippen LogP contribution in [0.15, 0.2) is 40.1 Å². The fourth-order valence-electron chi connectivity index (χ4n) is 3.65. The van der Waals surface area contributed by atoms with E-state index in [2.05, 4.69) is 9.97 Å². The van der Waals surface area contributed by atoms with Gasteiger partial charge in [0, 0.05) is 6.20 Å². The maximum atomic E-state index is 12.9. The highest BCUT2D eigenvalue weighted by Gasteiger charge is 2.16. The van der Waals surface area contributed by atoms with E-state index in [1.54, 1.807) is 24.4 Å². The Bertz CT molecular complexity index is 1080. The highest BCUT2D eigenvalue weighted by Crippen LogP contribution is 2.23. The van der Waals surface area contributed by atoms with Gasteiger partial charge < -0.3 is 9.72 Å². The molecule has 4 rings (SSSR count). The second-order valence-corrected chi connectivity index (χ2v) is 6.56. The van der Waals surface area contributed by atoms with Crippen LogP contribution in [0.2, 0.25) is 0 Å². The third-order valence-corrected chi connectivity index (χ3v) is 4.94. The average Bonchev–Trinajstić information content (AvgIpc) is 2.66. The van der Waals surface area contributed by atoms with Crippen LogP contribution in [0, 0.1) is 0 Å². The molecule has 6 heteroatoms. The van der Waals surface area contributed by atoms with Gasteiger partial charge in [-0.15, -0.1) is 0 Å². The van der Waals surface area contributed by atoms with Crippen molar-refractivity contribution in [3.8, 4) is 5.75 Å². The van der Waals surface area contributed by atoms with E-state index < -0.39 is 5.69 Å². The molecule has 1 N–H and O–H groups in total. The molecule has 0 atom stereocenters. The Morgan fingerprint density at radius 3 is 2.88 bits per heavy atom. The number of hydrogen-bond acceptors (Lipinski definition) is 4. The number of pyridine rings is 1. The lowest BCUT2D eigenvalue weighted by molar-refractivity contribution is 0.340. The van der Waals surface area contributed by atoms with Crippen molar-refractivity contribution in [2.45, 2.75) is 39.2 Å². The van der Waals surface area contributed by atoms with Crippen LogP contribution >= 0.6 is 0 Å². The number of benzene rings is 1. The molecule has 0 spiro atoms. The maximum absolute atomic E-state index is 12.9. The summed E-state index contributed by atoms with van der Waals surface area (Å²) in [6, 6.07) is 7.18. The molecular weight excluding hydrogens is 330 g/mol. The van der Waals surface area contributed by atoms with Crippen molar-refractivity contribution in [2.75, 3.05) is 6.61 Å². The summed E-state index contributed by atoms with van der Waals surface area (Å²) in [7, 11) is 0. The molecule has 2 heterocycles. The van der Waals surface area contributed by atoms with E-state index in [0.29, 0.717) is 23.3 Å². The standard InChI is InChI=1S/C20H21N3O3/c1-2-26-14-7-8-17-16(11-14)19(24)23(20(25)22-17)12-18-15-6-4-3-5-13(15)9-10-21-18/h7-11H,2-6,12H2,1H3,(H,22,25). The van der Waals surface area contributed by atoms with Gasteiger partial charge in [-0.1, -0.05) is 0 Å². The van der Waals surface area contributed by atoms with Crippen molar-refractivity contribution in [2.24, 2.45) is 0 Å². The van der Waals surface area contributed by atoms with Crippen LogP contribution in [0.3, 0.4) is 0 Å². The van der Waals surface area contributed by atoms with Gasteiger partial charge in [0.05, 0.1) is 29.7 Å². The molecule has 0 radical (unpaired) electrons. The van der Waals surface area contributed by atoms with Crippen LogP contribution in [-0.4, -0.2) is 21.1 Å². The third-order valence-electron chi connectivity index (χ3n) is 4.94. The van der Waals surface area contributed by atoms with Gasteiger partial charge in [-0.05, 0) is 68.0 Å². The number of aromatic nitrogens is 3. The van der Waals surface area contributed by atoms with Gasteiger partial charge in [-0.25, -0.2) is 4.79 Å². The first-order valence-electron chi connectivity index (χ1n) is 9.02. The molecule has 0 fully saturated rings. The summed E-state index contributed by atoms with van der Waals surface area (Å²) in [6.07, 6.45) is 6.05. The number of rotatable bonds is 4. The normalized spacial score (nSPS) is 13.6. The van der Waals surface area contributed by atoms with Crippen molar-refractivity contribution in [1.29, 1.82) is 0 Å². The van der Waals surface area contributed by atoms with Gasteiger partial charge in [0.15, 0.2) is 0 Å². The number of fused-ring (bicyclic) bond motifs is 2. The molecule has 1 aromatic carbocycles. The van der Waals surface area contributed by atoms with Gasteiger partial charge in [0.1, 0.15) is 5.75 Å². The van der Waals surface area contributed by atoms with E-state index in [1.165, 1.54) is 22.1 Å². The maximum Gasteiger partial charge on any atom is 0.329 e. The zero-order valence-corrected chi connectivity index (χ0v) is 14.7.